The molecule has 14 nitrogen and oxygen atoms in total. The van der Waals surface area contributed by atoms with Crippen LogP contribution in [0, 0.1) is 11.3 Å². The van der Waals surface area contributed by atoms with Crippen LogP contribution < -0.4 is 11.5 Å². The molecule has 0 bridgehead atoms. The Morgan fingerprint density at radius 3 is 1.87 bits per heavy atom. The lowest BCUT2D eigenvalue weighted by Gasteiger charge is -2.11. The highest BCUT2D eigenvalue weighted by molar-refractivity contribution is 7.87. The lowest BCUT2D eigenvalue weighted by molar-refractivity contribution is 0.478. The zero-order valence-electron chi connectivity index (χ0n) is 19.0. The minimum Gasteiger partial charge on any atom is -0.399 e. The van der Waals surface area contributed by atoms with Crippen molar-refractivity contribution >= 4 is 73.8 Å². The molecule has 39 heavy (non-hydrogen) atoms. The summed E-state index contributed by atoms with van der Waals surface area (Å²) in [6.45, 7) is 0. The topological polar surface area (TPSA) is 264 Å². The molecule has 0 radical (unpaired) electrons. The summed E-state index contributed by atoms with van der Waals surface area (Å²) >= 11 is 0.875. The molecule has 0 fully saturated rings. The fourth-order valence-electron chi connectivity index (χ4n) is 3.63. The van der Waals surface area contributed by atoms with E-state index in [2.05, 4.69) is 10.2 Å². The van der Waals surface area contributed by atoms with Gasteiger partial charge in [0.2, 0.25) is 0 Å². The first-order chi connectivity index (χ1) is 18.0. The molecule has 0 amide bonds. The minimum atomic E-state index is -5.20. The molecule has 7 N–H and O–H groups in total. The normalized spacial score (nSPS) is 12.7. The van der Waals surface area contributed by atoms with Crippen molar-refractivity contribution in [1.29, 1.82) is 5.26 Å². The number of nitrogen functional groups attached to an aromatic ring is 2. The van der Waals surface area contributed by atoms with Gasteiger partial charge in [-0.05, 0) is 42.0 Å². The summed E-state index contributed by atoms with van der Waals surface area (Å²) in [5.41, 5.74) is 12.6. The minimum absolute atomic E-state index is 0.0854. The molecular weight excluding hydrogens is 595 g/mol. The number of nitrogens with two attached hydrogens (primary N) is 2. The lowest BCUT2D eigenvalue weighted by Crippen LogP contribution is -2.07. The molecule has 3 aromatic carbocycles. The highest BCUT2D eigenvalue weighted by Gasteiger charge is 2.26. The SMILES string of the molecule is N#Cc1c(N)sc(/N=N/c2cc(S(=O)(=O)O)c3cc(S(=O)(=O)O)cc(S(=O)(=O)O)c3c2)c1-c1ccc(N)cc1. The summed E-state index contributed by atoms with van der Waals surface area (Å²) in [6, 6.07) is 11.0. The van der Waals surface area contributed by atoms with Gasteiger partial charge in [0.25, 0.3) is 30.4 Å². The van der Waals surface area contributed by atoms with Crippen LogP contribution >= 0.6 is 11.3 Å². The van der Waals surface area contributed by atoms with Gasteiger partial charge >= 0.3 is 0 Å². The van der Waals surface area contributed by atoms with Crippen LogP contribution in [0.15, 0.2) is 73.4 Å². The summed E-state index contributed by atoms with van der Waals surface area (Å²) in [5.74, 6) is 0. The van der Waals surface area contributed by atoms with Gasteiger partial charge in [0.15, 0.2) is 0 Å². The second-order valence-corrected chi connectivity index (χ2v) is 13.1. The Morgan fingerprint density at radius 2 is 1.33 bits per heavy atom. The molecule has 18 heteroatoms. The maximum Gasteiger partial charge on any atom is 0.295 e. The number of nitrogens with zero attached hydrogens (tertiary/aromatic N) is 3. The number of azo groups is 1. The molecule has 4 rings (SSSR count). The Morgan fingerprint density at radius 1 is 0.769 bits per heavy atom. The van der Waals surface area contributed by atoms with Crippen LogP contribution in [0.3, 0.4) is 0 Å². The molecular formula is C21H15N5O9S4. The van der Waals surface area contributed by atoms with Crippen LogP contribution in [-0.4, -0.2) is 38.9 Å². The van der Waals surface area contributed by atoms with Crippen LogP contribution in [0.1, 0.15) is 5.56 Å². The summed E-state index contributed by atoms with van der Waals surface area (Å²) in [4.78, 5) is -3.15. The smallest absolute Gasteiger partial charge is 0.295 e. The Bertz CT molecular complexity index is 2060. The first kappa shape index (κ1) is 28.1. The van der Waals surface area contributed by atoms with E-state index in [9.17, 15) is 44.2 Å². The molecule has 4 aromatic rings. The van der Waals surface area contributed by atoms with Gasteiger partial charge in [0, 0.05) is 22.0 Å². The van der Waals surface area contributed by atoms with Crippen molar-refractivity contribution in [2.45, 2.75) is 14.7 Å². The maximum atomic E-state index is 12.1. The molecule has 0 unspecified atom stereocenters. The fraction of sp³-hybridized carbons (Fsp3) is 0. The summed E-state index contributed by atoms with van der Waals surface area (Å²) < 4.78 is 101. The molecule has 0 saturated heterocycles. The molecule has 0 aliphatic rings. The number of thiophene rings is 1. The third-order valence-electron chi connectivity index (χ3n) is 5.29. The van der Waals surface area contributed by atoms with Gasteiger partial charge in [-0.1, -0.05) is 23.5 Å². The molecule has 0 aliphatic carbocycles. The van der Waals surface area contributed by atoms with Gasteiger partial charge in [-0.3, -0.25) is 13.7 Å². The van der Waals surface area contributed by atoms with Crippen molar-refractivity contribution in [2.24, 2.45) is 10.2 Å². The van der Waals surface area contributed by atoms with Crippen LogP contribution in [0.2, 0.25) is 0 Å². The standard InChI is InChI=1S/C21H15N5O9S4/c22-9-16-19(10-1-3-11(23)4-2-10)21(36-20(16)24)26-25-12-5-14-15(17(6-12)38(30,31)32)7-13(37(27,28)29)8-18(14)39(33,34)35/h1-8H,23-24H2,(H,27,28,29)(H,30,31,32)(H,33,34,35)/b26-25+. The molecule has 0 spiro atoms. The zero-order valence-corrected chi connectivity index (χ0v) is 22.3. The quantitative estimate of drug-likeness (QED) is 0.119. The summed E-state index contributed by atoms with van der Waals surface area (Å²) in [5, 5.41) is 16.5. The highest BCUT2D eigenvalue weighted by Crippen LogP contribution is 2.45. The molecule has 202 valence electrons. The molecule has 0 aliphatic heterocycles. The average Bonchev–Trinajstić information content (AvgIpc) is 3.15. The third-order valence-corrected chi connectivity index (χ3v) is 8.81. The van der Waals surface area contributed by atoms with E-state index in [0.29, 0.717) is 23.4 Å². The molecule has 0 saturated carbocycles. The van der Waals surface area contributed by atoms with Gasteiger partial charge in [-0.15, -0.1) is 10.2 Å². The predicted molar refractivity (Wildman–Crippen MR) is 141 cm³/mol. The van der Waals surface area contributed by atoms with Gasteiger partial charge in [0.05, 0.1) is 16.1 Å². The van der Waals surface area contributed by atoms with E-state index in [0.717, 1.165) is 23.5 Å². The van der Waals surface area contributed by atoms with Crippen molar-refractivity contribution < 1.29 is 38.9 Å². The van der Waals surface area contributed by atoms with E-state index in [4.69, 9.17) is 11.5 Å². The van der Waals surface area contributed by atoms with Gasteiger partial charge in [0.1, 0.15) is 25.9 Å². The van der Waals surface area contributed by atoms with Crippen LogP contribution in [0.5, 0.6) is 0 Å². The Balaban J connectivity index is 2.01. The van der Waals surface area contributed by atoms with Gasteiger partial charge < -0.3 is 11.5 Å². The first-order valence-electron chi connectivity index (χ1n) is 10.1. The van der Waals surface area contributed by atoms with E-state index in [1.807, 2.05) is 6.07 Å². The Labute approximate surface area is 225 Å². The Kier molecular flexibility index (Phi) is 6.95. The highest BCUT2D eigenvalue weighted by atomic mass is 32.2. The molecule has 1 aromatic heterocycles. The largest absolute Gasteiger partial charge is 0.399 e. The van der Waals surface area contributed by atoms with E-state index >= 15 is 0 Å². The van der Waals surface area contributed by atoms with Crippen molar-refractivity contribution in [3.05, 3.63) is 54.1 Å². The lowest BCUT2D eigenvalue weighted by atomic mass is 10.0. The number of fused-ring (bicyclic) bond motifs is 1. The Hall–Kier alpha value is -3.96. The second kappa shape index (κ2) is 9.65. The van der Waals surface area contributed by atoms with Crippen molar-refractivity contribution in [2.75, 3.05) is 11.5 Å². The summed E-state index contributed by atoms with van der Waals surface area (Å²) in [7, 11) is -15.4. The number of anilines is 2. The predicted octanol–water partition coefficient (Wildman–Crippen LogP) is 3.76. The van der Waals surface area contributed by atoms with Gasteiger partial charge in [-0.25, -0.2) is 0 Å². The van der Waals surface area contributed by atoms with Crippen LogP contribution in [0.4, 0.5) is 21.4 Å². The van der Waals surface area contributed by atoms with E-state index in [1.165, 1.54) is 0 Å². The monoisotopic (exact) mass is 609 g/mol. The molecule has 0 atom stereocenters. The summed E-state index contributed by atoms with van der Waals surface area (Å²) in [6.07, 6.45) is 0. The maximum absolute atomic E-state index is 12.1. The number of hydrogen-bond donors (Lipinski definition) is 5. The molecule has 1 heterocycles. The van der Waals surface area contributed by atoms with Gasteiger partial charge in [-0.2, -0.15) is 30.5 Å². The third kappa shape index (κ3) is 5.59. The fourth-order valence-corrected chi connectivity index (χ4v) is 6.54. The first-order valence-corrected chi connectivity index (χ1v) is 15.3. The van der Waals surface area contributed by atoms with Crippen molar-refractivity contribution in [1.82, 2.24) is 0 Å². The number of rotatable bonds is 6. The zero-order chi connectivity index (χ0) is 28.9. The van der Waals surface area contributed by atoms with Crippen molar-refractivity contribution in [3.63, 3.8) is 0 Å². The van der Waals surface area contributed by atoms with E-state index < -0.39 is 55.8 Å². The van der Waals surface area contributed by atoms with Crippen LogP contribution in [-0.2, 0) is 30.4 Å². The van der Waals surface area contributed by atoms with E-state index in [1.54, 1.807) is 24.3 Å². The second-order valence-electron chi connectivity index (χ2n) is 7.84. The van der Waals surface area contributed by atoms with E-state index in [-0.39, 0.29) is 26.8 Å². The number of nitriles is 1. The van der Waals surface area contributed by atoms with Crippen molar-refractivity contribution in [3.8, 4) is 17.2 Å². The van der Waals surface area contributed by atoms with Crippen LogP contribution in [0.25, 0.3) is 21.9 Å². The average molecular weight is 610 g/mol. The number of benzene rings is 3. The number of hydrogen-bond acceptors (Lipinski definition) is 12.